The number of amides is 3. The first-order chi connectivity index (χ1) is 19.6. The van der Waals surface area contributed by atoms with Crippen LogP contribution in [-0.4, -0.2) is 49.1 Å². The fourth-order valence-electron chi connectivity index (χ4n) is 5.53. The topological polar surface area (TPSA) is 100 Å². The highest BCUT2D eigenvalue weighted by molar-refractivity contribution is 6.04. The van der Waals surface area contributed by atoms with E-state index in [0.29, 0.717) is 22.5 Å². The summed E-state index contributed by atoms with van der Waals surface area (Å²) in [5, 5.41) is 18.0. The number of nitrogens with one attached hydrogen (secondary N) is 3. The second kappa shape index (κ2) is 13.1. The monoisotopic (exact) mass is 536 g/mol. The molecule has 3 aromatic carbocycles. The fraction of sp³-hybridized carbons (Fsp3) is 0.344. The molecule has 0 spiro atoms. The smallest absolute Gasteiger partial charge is 0.323 e. The van der Waals surface area contributed by atoms with E-state index in [-0.39, 0.29) is 11.9 Å². The maximum Gasteiger partial charge on any atom is 0.323 e. The van der Waals surface area contributed by atoms with Crippen molar-refractivity contribution in [3.05, 3.63) is 89.5 Å². The zero-order valence-corrected chi connectivity index (χ0v) is 22.7. The molecule has 0 bridgehead atoms. The lowest BCUT2D eigenvalue weighted by Crippen LogP contribution is -2.46. The number of hydrogen-bond donors (Lipinski definition) is 3. The van der Waals surface area contributed by atoms with Gasteiger partial charge in [0.15, 0.2) is 0 Å². The van der Waals surface area contributed by atoms with Crippen LogP contribution in [0, 0.1) is 11.3 Å². The van der Waals surface area contributed by atoms with Crippen LogP contribution in [0.3, 0.4) is 0 Å². The van der Waals surface area contributed by atoms with E-state index in [9.17, 15) is 9.59 Å². The lowest BCUT2D eigenvalue weighted by molar-refractivity contribution is 0.0928. The molecule has 3 N–H and O–H groups in total. The lowest BCUT2D eigenvalue weighted by atomic mass is 9.95. The molecular formula is C32H36N6O2. The zero-order valence-electron chi connectivity index (χ0n) is 22.7. The van der Waals surface area contributed by atoms with E-state index in [1.54, 1.807) is 30.3 Å². The third-order valence-electron chi connectivity index (χ3n) is 7.65. The van der Waals surface area contributed by atoms with Crippen LogP contribution in [0.5, 0.6) is 0 Å². The molecule has 1 saturated carbocycles. The van der Waals surface area contributed by atoms with Crippen molar-refractivity contribution in [1.82, 2.24) is 10.2 Å². The first-order valence-electron chi connectivity index (χ1n) is 14.1. The van der Waals surface area contributed by atoms with Gasteiger partial charge < -0.3 is 20.9 Å². The molecule has 3 amide bonds. The van der Waals surface area contributed by atoms with Gasteiger partial charge in [0, 0.05) is 55.8 Å². The second-order valence-electron chi connectivity index (χ2n) is 10.6. The number of nitriles is 1. The highest BCUT2D eigenvalue weighted by atomic mass is 16.2. The third kappa shape index (κ3) is 7.19. The summed E-state index contributed by atoms with van der Waals surface area (Å²) in [4.78, 5) is 31.0. The largest absolute Gasteiger partial charge is 0.368 e. The highest BCUT2D eigenvalue weighted by Crippen LogP contribution is 2.27. The molecule has 1 saturated heterocycles. The number of benzene rings is 3. The lowest BCUT2D eigenvalue weighted by Gasteiger charge is -2.37. The molecule has 3 aromatic rings. The van der Waals surface area contributed by atoms with Crippen LogP contribution in [0.2, 0.25) is 0 Å². The van der Waals surface area contributed by atoms with E-state index < -0.39 is 6.03 Å². The van der Waals surface area contributed by atoms with Gasteiger partial charge in [-0.1, -0.05) is 55.7 Å². The molecule has 1 heterocycles. The number of carbonyl (C=O) groups is 2. The number of hydrogen-bond acceptors (Lipinski definition) is 5. The minimum absolute atomic E-state index is 0.0978. The predicted molar refractivity (Wildman–Crippen MR) is 159 cm³/mol. The quantitative estimate of drug-likeness (QED) is 0.366. The summed E-state index contributed by atoms with van der Waals surface area (Å²) in [5.74, 6) is -0.0978. The Balaban J connectivity index is 1.30. The maximum atomic E-state index is 13.6. The van der Waals surface area contributed by atoms with Crippen molar-refractivity contribution in [2.75, 3.05) is 41.7 Å². The Morgan fingerprint density at radius 1 is 0.825 bits per heavy atom. The highest BCUT2D eigenvalue weighted by Gasteiger charge is 2.24. The number of piperazine rings is 1. The molecule has 8 heteroatoms. The van der Waals surface area contributed by atoms with Crippen LogP contribution in [0.15, 0.2) is 72.8 Å². The number of rotatable bonds is 7. The molecule has 5 rings (SSSR count). The first-order valence-corrected chi connectivity index (χ1v) is 14.1. The number of nitrogens with zero attached hydrogens (tertiary/aromatic N) is 3. The predicted octanol–water partition coefficient (Wildman–Crippen LogP) is 5.59. The minimum Gasteiger partial charge on any atom is -0.368 e. The van der Waals surface area contributed by atoms with Crippen LogP contribution in [0.25, 0.3) is 0 Å². The molecular weight excluding hydrogens is 500 g/mol. The fourth-order valence-corrected chi connectivity index (χ4v) is 5.53. The van der Waals surface area contributed by atoms with Gasteiger partial charge in [-0.2, -0.15) is 5.26 Å². The molecule has 2 aliphatic rings. The average Bonchev–Trinajstić information content (AvgIpc) is 2.99. The van der Waals surface area contributed by atoms with Crippen molar-refractivity contribution >= 4 is 29.0 Å². The average molecular weight is 537 g/mol. The summed E-state index contributed by atoms with van der Waals surface area (Å²) in [6.45, 7) is 4.36. The zero-order chi connectivity index (χ0) is 27.7. The molecule has 40 heavy (non-hydrogen) atoms. The van der Waals surface area contributed by atoms with E-state index >= 15 is 0 Å². The van der Waals surface area contributed by atoms with Crippen molar-refractivity contribution in [3.63, 3.8) is 0 Å². The van der Waals surface area contributed by atoms with Crippen LogP contribution in [0.4, 0.5) is 21.9 Å². The summed E-state index contributed by atoms with van der Waals surface area (Å²) in [6.07, 6.45) is 5.49. The van der Waals surface area contributed by atoms with Crippen molar-refractivity contribution in [2.24, 2.45) is 0 Å². The molecule has 1 aliphatic heterocycles. The molecule has 1 aliphatic carbocycles. The molecule has 0 radical (unpaired) electrons. The van der Waals surface area contributed by atoms with Crippen molar-refractivity contribution in [3.8, 4) is 6.07 Å². The summed E-state index contributed by atoms with van der Waals surface area (Å²) in [7, 11) is 0. The normalized spacial score (nSPS) is 16.1. The maximum absolute atomic E-state index is 13.6. The first kappa shape index (κ1) is 27.2. The molecule has 8 nitrogen and oxygen atoms in total. The van der Waals surface area contributed by atoms with Gasteiger partial charge in [0.2, 0.25) is 0 Å². The van der Waals surface area contributed by atoms with Crippen LogP contribution >= 0.6 is 0 Å². The van der Waals surface area contributed by atoms with Gasteiger partial charge in [-0.25, -0.2) is 4.79 Å². The van der Waals surface area contributed by atoms with Crippen LogP contribution in [0.1, 0.15) is 53.6 Å². The summed E-state index contributed by atoms with van der Waals surface area (Å²) in [6, 6.07) is 24.6. The van der Waals surface area contributed by atoms with Crippen molar-refractivity contribution in [1.29, 1.82) is 5.26 Å². The Bertz CT molecular complexity index is 1360. The van der Waals surface area contributed by atoms with Gasteiger partial charge >= 0.3 is 6.03 Å². The Morgan fingerprint density at radius 3 is 2.27 bits per heavy atom. The van der Waals surface area contributed by atoms with E-state index in [1.165, 1.54) is 12.0 Å². The molecule has 2 fully saturated rings. The van der Waals surface area contributed by atoms with Crippen molar-refractivity contribution in [2.45, 2.75) is 44.7 Å². The van der Waals surface area contributed by atoms with E-state index in [1.807, 2.05) is 18.2 Å². The Morgan fingerprint density at radius 2 is 1.55 bits per heavy atom. The van der Waals surface area contributed by atoms with E-state index in [4.69, 9.17) is 5.26 Å². The van der Waals surface area contributed by atoms with Gasteiger partial charge in [0.05, 0.1) is 17.2 Å². The number of anilines is 3. The molecule has 0 aromatic heterocycles. The van der Waals surface area contributed by atoms with Gasteiger partial charge in [-0.05, 0) is 54.8 Å². The molecule has 206 valence electrons. The van der Waals surface area contributed by atoms with E-state index in [0.717, 1.165) is 64.1 Å². The summed E-state index contributed by atoms with van der Waals surface area (Å²) in [5.41, 5.74) is 4.29. The van der Waals surface area contributed by atoms with Gasteiger partial charge in [0.1, 0.15) is 0 Å². The Kier molecular flexibility index (Phi) is 8.94. The second-order valence-corrected chi connectivity index (χ2v) is 10.6. The van der Waals surface area contributed by atoms with Gasteiger partial charge in [0.25, 0.3) is 5.91 Å². The van der Waals surface area contributed by atoms with Gasteiger partial charge in [-0.3, -0.25) is 9.69 Å². The summed E-state index contributed by atoms with van der Waals surface area (Å²) >= 11 is 0. The number of urea groups is 1. The third-order valence-corrected chi connectivity index (χ3v) is 7.65. The standard InChI is InChI=1S/C32H36N6O2/c33-22-25-10-7-13-27(20-25)35-32(40)36-28-14-15-30(29(21-28)31(39)34-26-11-5-2-6-12-26)38-18-16-37(17-19-38)23-24-8-3-1-4-9-24/h1,3-4,7-10,13-15,20-21,26H,2,5-6,11-12,16-19,23H2,(H,34,39)(H2,35,36,40). The molecule has 0 atom stereocenters. The minimum atomic E-state index is -0.434. The van der Waals surface area contributed by atoms with E-state index in [2.05, 4.69) is 56.1 Å². The van der Waals surface area contributed by atoms with Crippen molar-refractivity contribution < 1.29 is 9.59 Å². The molecule has 0 unspecified atom stereocenters. The number of carbonyl (C=O) groups excluding carboxylic acids is 2. The van der Waals surface area contributed by atoms with Gasteiger partial charge in [-0.15, -0.1) is 0 Å². The van der Waals surface area contributed by atoms with Crippen LogP contribution in [-0.2, 0) is 6.54 Å². The summed E-state index contributed by atoms with van der Waals surface area (Å²) < 4.78 is 0. The Labute approximate surface area is 236 Å². The Hall–Kier alpha value is -4.35. The SMILES string of the molecule is N#Cc1cccc(NC(=O)Nc2ccc(N3CCN(Cc4ccccc4)CC3)c(C(=O)NC3CCCCC3)c2)c1. The van der Waals surface area contributed by atoms with Crippen LogP contribution < -0.4 is 20.9 Å².